The highest BCUT2D eigenvalue weighted by Crippen LogP contribution is 2.67. The first-order valence-electron chi connectivity index (χ1n) is 13.4. The summed E-state index contributed by atoms with van der Waals surface area (Å²) >= 11 is 1.39. The third kappa shape index (κ3) is 3.55. The highest BCUT2D eigenvalue weighted by Gasteiger charge is 2.68. The van der Waals surface area contributed by atoms with Crippen molar-refractivity contribution in [3.05, 3.63) is 60.3 Å². The summed E-state index contributed by atoms with van der Waals surface area (Å²) < 4.78 is 0. The summed E-state index contributed by atoms with van der Waals surface area (Å²) in [5.41, 5.74) is -1.42. The molecule has 0 radical (unpaired) electrons. The molecule has 5 nitrogen and oxygen atoms in total. The molecule has 2 N–H and O–H groups in total. The van der Waals surface area contributed by atoms with Crippen LogP contribution in [0.25, 0.3) is 10.8 Å². The van der Waals surface area contributed by atoms with Crippen LogP contribution in [-0.2, 0) is 9.59 Å². The first kappa shape index (κ1) is 25.0. The second-order valence-electron chi connectivity index (χ2n) is 12.2. The van der Waals surface area contributed by atoms with Crippen molar-refractivity contribution in [2.75, 3.05) is 5.75 Å². The third-order valence-electron chi connectivity index (χ3n) is 10.4. The maximum Gasteiger partial charge on any atom is 0.178 e. The molecule has 1 aromatic heterocycles. The van der Waals surface area contributed by atoms with Crippen LogP contribution in [0, 0.1) is 34.5 Å². The molecule has 6 unspecified atom stereocenters. The Labute approximate surface area is 222 Å². The van der Waals surface area contributed by atoms with E-state index >= 15 is 0 Å². The third-order valence-corrected chi connectivity index (χ3v) is 11.4. The quantitative estimate of drug-likeness (QED) is 0.546. The number of carbonyl (C=O) groups excluding carboxylic acids is 2. The summed E-state index contributed by atoms with van der Waals surface area (Å²) in [5, 5.41) is 26.6. The van der Waals surface area contributed by atoms with E-state index in [1.54, 1.807) is 18.3 Å². The standard InChI is InChI=1S/C31H35NO4S/c1-18-14-22-23-9-12-31(36,26(35)17-37-28-21-7-5-4-6-19(21)10-13-32-28)30(23,3)16-25(34)27(22)29(2)11-8-20(33)15-24(18)29/h4-8,10-11,13,15,18,22-23,25,27,34,36H,9,12,14,16-17H2,1-3H3/t18-,22?,23?,25?,27?,29?,30?,31-/m0/s1. The number of pyridine rings is 1. The summed E-state index contributed by atoms with van der Waals surface area (Å²) in [5.74, 6) is 0.515. The number of hydrogen-bond acceptors (Lipinski definition) is 6. The Kier molecular flexibility index (Phi) is 5.83. The number of rotatable bonds is 4. The lowest BCUT2D eigenvalue weighted by atomic mass is 9.45. The van der Waals surface area contributed by atoms with Crippen LogP contribution in [0.15, 0.2) is 65.4 Å². The molecule has 37 heavy (non-hydrogen) atoms. The van der Waals surface area contributed by atoms with Crippen molar-refractivity contribution in [3.63, 3.8) is 0 Å². The number of thioether (sulfide) groups is 1. The normalized spacial score (nSPS) is 40.6. The average Bonchev–Trinajstić information content (AvgIpc) is 3.14. The Morgan fingerprint density at radius 3 is 2.81 bits per heavy atom. The first-order chi connectivity index (χ1) is 17.6. The number of aliphatic hydroxyl groups excluding tert-OH is 1. The molecule has 1 aromatic carbocycles. The molecule has 2 aromatic rings. The van der Waals surface area contributed by atoms with E-state index in [1.165, 1.54) is 11.8 Å². The monoisotopic (exact) mass is 517 g/mol. The van der Waals surface area contributed by atoms with Crippen LogP contribution in [-0.4, -0.2) is 44.2 Å². The summed E-state index contributed by atoms with van der Waals surface area (Å²) in [6.07, 6.45) is 8.97. The fourth-order valence-corrected chi connectivity index (χ4v) is 9.66. The Morgan fingerprint density at radius 1 is 1.22 bits per heavy atom. The van der Waals surface area contributed by atoms with Crippen LogP contribution in [0.4, 0.5) is 0 Å². The zero-order valence-corrected chi connectivity index (χ0v) is 22.5. The zero-order valence-electron chi connectivity index (χ0n) is 21.7. The van der Waals surface area contributed by atoms with Crippen LogP contribution in [0.1, 0.15) is 46.5 Å². The average molecular weight is 518 g/mol. The Hall–Kier alpha value is -2.28. The molecule has 3 saturated carbocycles. The maximum atomic E-state index is 13.8. The van der Waals surface area contributed by atoms with E-state index < -0.39 is 17.1 Å². The number of aliphatic hydroxyl groups is 2. The van der Waals surface area contributed by atoms with Gasteiger partial charge in [0, 0.05) is 28.3 Å². The van der Waals surface area contributed by atoms with Gasteiger partial charge in [-0.05, 0) is 67.0 Å². The van der Waals surface area contributed by atoms with Gasteiger partial charge in [-0.2, -0.15) is 0 Å². The summed E-state index contributed by atoms with van der Waals surface area (Å²) in [6.45, 7) is 6.35. The van der Waals surface area contributed by atoms with Gasteiger partial charge in [0.05, 0.1) is 11.9 Å². The van der Waals surface area contributed by atoms with Gasteiger partial charge in [0.25, 0.3) is 0 Å². The Balaban J connectivity index is 1.28. The molecule has 0 aliphatic heterocycles. The van der Waals surface area contributed by atoms with Crippen LogP contribution in [0.2, 0.25) is 0 Å². The fourth-order valence-electron chi connectivity index (χ4n) is 8.67. The molecule has 0 amide bonds. The van der Waals surface area contributed by atoms with Crippen LogP contribution in [0.3, 0.4) is 0 Å². The molecule has 3 fully saturated rings. The second kappa shape index (κ2) is 8.62. The lowest BCUT2D eigenvalue weighted by Gasteiger charge is -2.60. The van der Waals surface area contributed by atoms with Crippen molar-refractivity contribution in [3.8, 4) is 0 Å². The van der Waals surface area contributed by atoms with E-state index in [-0.39, 0.29) is 46.4 Å². The molecule has 6 heteroatoms. The van der Waals surface area contributed by atoms with E-state index in [1.807, 2.05) is 43.3 Å². The Bertz CT molecular complexity index is 1350. The minimum Gasteiger partial charge on any atom is -0.393 e. The number of ketones is 2. The zero-order chi connectivity index (χ0) is 26.2. The number of aromatic nitrogens is 1. The Morgan fingerprint density at radius 2 is 2.00 bits per heavy atom. The van der Waals surface area contributed by atoms with Gasteiger partial charge in [0.15, 0.2) is 11.6 Å². The second-order valence-corrected chi connectivity index (χ2v) is 13.2. The predicted molar refractivity (Wildman–Crippen MR) is 145 cm³/mol. The number of carbonyl (C=O) groups is 2. The van der Waals surface area contributed by atoms with Crippen LogP contribution in [0.5, 0.6) is 0 Å². The van der Waals surface area contributed by atoms with Crippen molar-refractivity contribution in [2.45, 2.75) is 63.2 Å². The number of benzene rings is 1. The van der Waals surface area contributed by atoms with E-state index in [9.17, 15) is 19.8 Å². The molecule has 0 spiro atoms. The minimum atomic E-state index is -1.47. The van der Waals surface area contributed by atoms with E-state index in [0.29, 0.717) is 12.8 Å². The summed E-state index contributed by atoms with van der Waals surface area (Å²) in [4.78, 5) is 30.4. The minimum absolute atomic E-state index is 0.0203. The topological polar surface area (TPSA) is 87.5 Å². The number of hydrogen-bond donors (Lipinski definition) is 2. The van der Waals surface area contributed by atoms with Gasteiger partial charge in [-0.3, -0.25) is 9.59 Å². The molecule has 1 heterocycles. The van der Waals surface area contributed by atoms with Gasteiger partial charge >= 0.3 is 0 Å². The molecular formula is C31H35NO4S. The largest absolute Gasteiger partial charge is 0.393 e. The van der Waals surface area contributed by atoms with Gasteiger partial charge in [0.2, 0.25) is 0 Å². The van der Waals surface area contributed by atoms with Gasteiger partial charge in [-0.25, -0.2) is 4.98 Å². The number of nitrogens with zero attached hydrogens (tertiary/aromatic N) is 1. The lowest BCUT2D eigenvalue weighted by molar-refractivity contribution is -0.176. The molecule has 4 aliphatic carbocycles. The van der Waals surface area contributed by atoms with Gasteiger partial charge < -0.3 is 10.2 Å². The van der Waals surface area contributed by atoms with Crippen molar-refractivity contribution >= 4 is 34.1 Å². The summed E-state index contributed by atoms with van der Waals surface area (Å²) in [6, 6.07) is 9.95. The smallest absolute Gasteiger partial charge is 0.178 e. The predicted octanol–water partition coefficient (Wildman–Crippen LogP) is 5.15. The number of fused-ring (bicyclic) bond motifs is 6. The lowest BCUT2D eigenvalue weighted by Crippen LogP contribution is -2.62. The first-order valence-corrected chi connectivity index (χ1v) is 14.4. The van der Waals surface area contributed by atoms with Crippen molar-refractivity contribution < 1.29 is 19.8 Å². The number of Topliss-reactive ketones (excluding diaryl/α,β-unsaturated/α-hetero) is 1. The molecular weight excluding hydrogens is 482 g/mol. The van der Waals surface area contributed by atoms with E-state index in [4.69, 9.17) is 0 Å². The molecule has 4 aliphatic rings. The van der Waals surface area contributed by atoms with Crippen LogP contribution >= 0.6 is 11.8 Å². The van der Waals surface area contributed by atoms with Crippen LogP contribution < -0.4 is 0 Å². The molecule has 8 atom stereocenters. The van der Waals surface area contributed by atoms with E-state index in [0.717, 1.165) is 34.2 Å². The van der Waals surface area contributed by atoms with E-state index in [2.05, 4.69) is 18.8 Å². The van der Waals surface area contributed by atoms with Crippen molar-refractivity contribution in [1.82, 2.24) is 4.98 Å². The van der Waals surface area contributed by atoms with Gasteiger partial charge in [-0.15, -0.1) is 0 Å². The SMILES string of the molecule is C[C@H]1CC2C(C(O)CC3(C)C2CC[C@]3(O)C(=O)CSc2nccc3ccccc23)C2(C)C=CC(=O)C=C12. The molecule has 194 valence electrons. The highest BCUT2D eigenvalue weighted by molar-refractivity contribution is 8.00. The number of allylic oxidation sites excluding steroid dienone is 4. The van der Waals surface area contributed by atoms with Crippen molar-refractivity contribution in [1.29, 1.82) is 0 Å². The molecule has 0 bridgehead atoms. The fraction of sp³-hybridized carbons (Fsp3) is 0.516. The molecule has 0 saturated heterocycles. The van der Waals surface area contributed by atoms with Gasteiger partial charge in [0.1, 0.15) is 10.6 Å². The maximum absolute atomic E-state index is 13.8. The summed E-state index contributed by atoms with van der Waals surface area (Å²) in [7, 11) is 0. The molecule has 6 rings (SSSR count). The van der Waals surface area contributed by atoms with Crippen molar-refractivity contribution in [2.24, 2.45) is 34.5 Å². The van der Waals surface area contributed by atoms with Gasteiger partial charge in [-0.1, -0.05) is 68.4 Å². The highest BCUT2D eigenvalue weighted by atomic mass is 32.2.